The molecule has 7 heteroatoms. The molecular formula is C12H13FN4O2. The van der Waals surface area contributed by atoms with Crippen molar-refractivity contribution in [1.82, 2.24) is 10.2 Å². The van der Waals surface area contributed by atoms with Crippen LogP contribution in [-0.2, 0) is 0 Å². The van der Waals surface area contributed by atoms with Crippen LogP contribution in [0.15, 0.2) is 24.5 Å². The monoisotopic (exact) mass is 264 g/mol. The summed E-state index contributed by atoms with van der Waals surface area (Å²) in [5, 5.41) is 20.4. The molecule has 1 aromatic carbocycles. The summed E-state index contributed by atoms with van der Waals surface area (Å²) in [5.74, 6) is -0.590. The number of hydrogen-bond acceptors (Lipinski definition) is 4. The van der Waals surface area contributed by atoms with E-state index in [1.807, 2.05) is 6.92 Å². The first kappa shape index (κ1) is 13.0. The predicted molar refractivity (Wildman–Crippen MR) is 68.4 cm³/mol. The zero-order chi connectivity index (χ0) is 14.0. The zero-order valence-electron chi connectivity index (χ0n) is 10.5. The van der Waals surface area contributed by atoms with Gasteiger partial charge in [-0.15, -0.1) is 0 Å². The van der Waals surface area contributed by atoms with Gasteiger partial charge in [-0.1, -0.05) is 0 Å². The van der Waals surface area contributed by atoms with Gasteiger partial charge < -0.3 is 5.32 Å². The Bertz CT molecular complexity index is 598. The predicted octanol–water partition coefficient (Wildman–Crippen LogP) is 2.94. The molecule has 0 saturated heterocycles. The molecule has 0 aliphatic carbocycles. The van der Waals surface area contributed by atoms with Gasteiger partial charge >= 0.3 is 0 Å². The summed E-state index contributed by atoms with van der Waals surface area (Å²) in [6.07, 6.45) is 3.32. The van der Waals surface area contributed by atoms with Gasteiger partial charge in [-0.3, -0.25) is 15.2 Å². The fourth-order valence-corrected chi connectivity index (χ4v) is 1.75. The number of H-pyrrole nitrogens is 1. The molecule has 0 aliphatic rings. The van der Waals surface area contributed by atoms with E-state index in [1.165, 1.54) is 6.07 Å². The lowest BCUT2D eigenvalue weighted by Crippen LogP contribution is -2.08. The summed E-state index contributed by atoms with van der Waals surface area (Å²) in [4.78, 5) is 10.3. The van der Waals surface area contributed by atoms with Crippen LogP contribution in [0.5, 0.6) is 0 Å². The van der Waals surface area contributed by atoms with E-state index in [1.54, 1.807) is 19.3 Å². The maximum Gasteiger partial charge on any atom is 0.295 e. The Kier molecular flexibility index (Phi) is 3.46. The Labute approximate surface area is 108 Å². The molecule has 0 saturated carbocycles. The molecule has 19 heavy (non-hydrogen) atoms. The topological polar surface area (TPSA) is 83.8 Å². The third-order valence-corrected chi connectivity index (χ3v) is 2.87. The SMILES string of the molecule is Cc1cc(NC(C)c2cn[nH]c2)c([N+](=O)[O-])cc1F. The van der Waals surface area contributed by atoms with Crippen molar-refractivity contribution >= 4 is 11.4 Å². The van der Waals surface area contributed by atoms with Crippen LogP contribution in [0.2, 0.25) is 0 Å². The summed E-state index contributed by atoms with van der Waals surface area (Å²) in [7, 11) is 0. The number of nitrogens with one attached hydrogen (secondary N) is 2. The van der Waals surface area contributed by atoms with Crippen molar-refractivity contribution in [2.24, 2.45) is 0 Å². The first-order chi connectivity index (χ1) is 8.99. The number of aromatic amines is 1. The van der Waals surface area contributed by atoms with Gasteiger partial charge in [0, 0.05) is 11.8 Å². The number of nitrogens with zero attached hydrogens (tertiary/aromatic N) is 2. The average molecular weight is 264 g/mol. The second kappa shape index (κ2) is 5.05. The minimum atomic E-state index is -0.604. The Balaban J connectivity index is 2.33. The molecule has 1 atom stereocenters. The smallest absolute Gasteiger partial charge is 0.295 e. The van der Waals surface area contributed by atoms with E-state index in [0.717, 1.165) is 11.6 Å². The highest BCUT2D eigenvalue weighted by atomic mass is 19.1. The molecule has 0 amide bonds. The maximum absolute atomic E-state index is 13.4. The van der Waals surface area contributed by atoms with Gasteiger partial charge in [0.1, 0.15) is 11.5 Å². The maximum atomic E-state index is 13.4. The molecule has 2 aromatic rings. The lowest BCUT2D eigenvalue weighted by atomic mass is 10.1. The van der Waals surface area contributed by atoms with Crippen molar-refractivity contribution in [2.45, 2.75) is 19.9 Å². The number of halogens is 1. The summed E-state index contributed by atoms with van der Waals surface area (Å²) < 4.78 is 13.4. The second-order valence-electron chi connectivity index (χ2n) is 4.27. The summed E-state index contributed by atoms with van der Waals surface area (Å²) in [6.45, 7) is 3.40. The summed E-state index contributed by atoms with van der Waals surface area (Å²) in [5.41, 5.74) is 1.22. The zero-order valence-corrected chi connectivity index (χ0v) is 10.5. The van der Waals surface area contributed by atoms with Crippen molar-refractivity contribution in [2.75, 3.05) is 5.32 Å². The van der Waals surface area contributed by atoms with Crippen molar-refractivity contribution in [3.63, 3.8) is 0 Å². The van der Waals surface area contributed by atoms with E-state index < -0.39 is 10.7 Å². The molecule has 2 rings (SSSR count). The normalized spacial score (nSPS) is 12.2. The summed E-state index contributed by atoms with van der Waals surface area (Å²) in [6, 6.07) is 2.19. The third kappa shape index (κ3) is 2.70. The van der Waals surface area contributed by atoms with Crippen LogP contribution < -0.4 is 5.32 Å². The van der Waals surface area contributed by atoms with E-state index in [-0.39, 0.29) is 17.4 Å². The second-order valence-corrected chi connectivity index (χ2v) is 4.27. The van der Waals surface area contributed by atoms with Gasteiger partial charge in [0.25, 0.3) is 5.69 Å². The molecule has 0 aliphatic heterocycles. The number of aromatic nitrogens is 2. The first-order valence-corrected chi connectivity index (χ1v) is 5.68. The Hall–Kier alpha value is -2.44. The van der Waals surface area contributed by atoms with Crippen molar-refractivity contribution in [3.8, 4) is 0 Å². The van der Waals surface area contributed by atoms with Gasteiger partial charge in [-0.25, -0.2) is 4.39 Å². The third-order valence-electron chi connectivity index (χ3n) is 2.87. The minimum absolute atomic E-state index is 0.178. The minimum Gasteiger partial charge on any atom is -0.373 e. The standard InChI is InChI=1S/C12H13FN4O2/c1-7-3-11(12(17(18)19)4-10(7)13)16-8(2)9-5-14-15-6-9/h3-6,8,16H,1-2H3,(H,14,15). The molecule has 0 radical (unpaired) electrons. The fourth-order valence-electron chi connectivity index (χ4n) is 1.75. The fraction of sp³-hybridized carbons (Fsp3) is 0.250. The molecule has 6 nitrogen and oxygen atoms in total. The van der Waals surface area contributed by atoms with Crippen molar-refractivity contribution in [1.29, 1.82) is 0 Å². The molecule has 1 heterocycles. The molecule has 1 unspecified atom stereocenters. The van der Waals surface area contributed by atoms with Gasteiger partial charge in [0.2, 0.25) is 0 Å². The molecule has 0 fully saturated rings. The largest absolute Gasteiger partial charge is 0.373 e. The molecule has 1 aromatic heterocycles. The number of nitro groups is 1. The van der Waals surface area contributed by atoms with Crippen LogP contribution in [0.4, 0.5) is 15.8 Å². The summed E-state index contributed by atoms with van der Waals surface area (Å²) >= 11 is 0. The van der Waals surface area contributed by atoms with Crippen LogP contribution in [0.3, 0.4) is 0 Å². The van der Waals surface area contributed by atoms with E-state index in [4.69, 9.17) is 0 Å². The number of rotatable bonds is 4. The van der Waals surface area contributed by atoms with E-state index in [0.29, 0.717) is 5.56 Å². The molecule has 100 valence electrons. The van der Waals surface area contributed by atoms with Gasteiger partial charge in [-0.2, -0.15) is 5.10 Å². The van der Waals surface area contributed by atoms with Crippen LogP contribution in [0.25, 0.3) is 0 Å². The Morgan fingerprint density at radius 3 is 2.84 bits per heavy atom. The lowest BCUT2D eigenvalue weighted by molar-refractivity contribution is -0.384. The highest BCUT2D eigenvalue weighted by Gasteiger charge is 2.19. The van der Waals surface area contributed by atoms with E-state index >= 15 is 0 Å². The highest BCUT2D eigenvalue weighted by Crippen LogP contribution is 2.30. The molecule has 0 spiro atoms. The number of hydrogen-bond donors (Lipinski definition) is 2. The van der Waals surface area contributed by atoms with Crippen LogP contribution in [-0.4, -0.2) is 15.1 Å². The molecule has 2 N–H and O–H groups in total. The first-order valence-electron chi connectivity index (χ1n) is 5.68. The average Bonchev–Trinajstić information content (AvgIpc) is 2.86. The van der Waals surface area contributed by atoms with Crippen molar-refractivity contribution in [3.05, 3.63) is 51.6 Å². The van der Waals surface area contributed by atoms with Crippen LogP contribution in [0.1, 0.15) is 24.1 Å². The number of benzene rings is 1. The molecule has 0 bridgehead atoms. The number of nitro benzene ring substituents is 1. The molecular weight excluding hydrogens is 251 g/mol. The van der Waals surface area contributed by atoms with E-state index in [9.17, 15) is 14.5 Å². The van der Waals surface area contributed by atoms with Gasteiger partial charge in [0.05, 0.1) is 23.2 Å². The Morgan fingerprint density at radius 2 is 2.26 bits per heavy atom. The number of anilines is 1. The Morgan fingerprint density at radius 1 is 1.53 bits per heavy atom. The van der Waals surface area contributed by atoms with Crippen molar-refractivity contribution < 1.29 is 9.31 Å². The van der Waals surface area contributed by atoms with E-state index in [2.05, 4.69) is 15.5 Å². The van der Waals surface area contributed by atoms with Gasteiger partial charge in [0.15, 0.2) is 0 Å². The van der Waals surface area contributed by atoms with Gasteiger partial charge in [-0.05, 0) is 25.5 Å². The number of aryl methyl sites for hydroxylation is 1. The quantitative estimate of drug-likeness (QED) is 0.656. The highest BCUT2D eigenvalue weighted by molar-refractivity contribution is 5.63. The lowest BCUT2D eigenvalue weighted by Gasteiger charge is -2.14. The van der Waals surface area contributed by atoms with Crippen LogP contribution >= 0.6 is 0 Å². The van der Waals surface area contributed by atoms with Crippen LogP contribution in [0, 0.1) is 22.9 Å².